The second-order valence-corrected chi connectivity index (χ2v) is 6.18. The van der Waals surface area contributed by atoms with Gasteiger partial charge >= 0.3 is 0 Å². The number of rotatable bonds is 4. The molecule has 0 radical (unpaired) electrons. The normalized spacial score (nSPS) is 12.8. The molecule has 4 rings (SSSR count). The van der Waals surface area contributed by atoms with Crippen molar-refractivity contribution < 1.29 is 9.18 Å². The number of halogens is 1. The van der Waals surface area contributed by atoms with Crippen LogP contribution in [0, 0.1) is 5.82 Å². The molecule has 2 aromatic carbocycles. The molecule has 0 saturated carbocycles. The Kier molecular flexibility index (Phi) is 4.06. The highest BCUT2D eigenvalue weighted by molar-refractivity contribution is 5.94. The fraction of sp³-hybridized carbons (Fsp3) is 0.200. The molecule has 1 N–H and O–H groups in total. The quantitative estimate of drug-likeness (QED) is 0.794. The number of aromatic nitrogens is 2. The topological polar surface area (TPSA) is 46.9 Å². The Balaban J connectivity index is 1.61. The summed E-state index contributed by atoms with van der Waals surface area (Å²) in [6.45, 7) is 0.470. The van der Waals surface area contributed by atoms with Gasteiger partial charge < -0.3 is 5.32 Å². The Morgan fingerprint density at radius 3 is 2.60 bits per heavy atom. The van der Waals surface area contributed by atoms with Gasteiger partial charge in [0.1, 0.15) is 5.82 Å². The minimum atomic E-state index is -0.284. The number of carbonyl (C=O) groups excluding carboxylic acids is 1. The van der Waals surface area contributed by atoms with Crippen LogP contribution in [0.3, 0.4) is 0 Å². The zero-order valence-electron chi connectivity index (χ0n) is 13.7. The number of hydrogen-bond acceptors (Lipinski definition) is 2. The minimum absolute atomic E-state index is 0.164. The van der Waals surface area contributed by atoms with E-state index in [0.717, 1.165) is 41.8 Å². The molecule has 1 aliphatic carbocycles. The molecule has 0 fully saturated rings. The van der Waals surface area contributed by atoms with E-state index in [2.05, 4.69) is 10.4 Å². The highest BCUT2D eigenvalue weighted by Crippen LogP contribution is 2.28. The molecule has 3 aromatic rings. The minimum Gasteiger partial charge on any atom is -0.347 e. The van der Waals surface area contributed by atoms with E-state index in [9.17, 15) is 9.18 Å². The second kappa shape index (κ2) is 6.51. The van der Waals surface area contributed by atoms with Crippen LogP contribution in [0.25, 0.3) is 5.69 Å². The Morgan fingerprint density at radius 1 is 1.08 bits per heavy atom. The highest BCUT2D eigenvalue weighted by atomic mass is 19.1. The summed E-state index contributed by atoms with van der Waals surface area (Å²) in [6.07, 6.45) is 2.74. The first-order valence-electron chi connectivity index (χ1n) is 8.41. The van der Waals surface area contributed by atoms with E-state index >= 15 is 0 Å². The summed E-state index contributed by atoms with van der Waals surface area (Å²) in [6, 6.07) is 16.0. The van der Waals surface area contributed by atoms with Crippen LogP contribution < -0.4 is 5.32 Å². The lowest BCUT2D eigenvalue weighted by atomic mass is 10.2. The van der Waals surface area contributed by atoms with E-state index in [-0.39, 0.29) is 11.7 Å². The van der Waals surface area contributed by atoms with Crippen molar-refractivity contribution in [3.8, 4) is 5.69 Å². The van der Waals surface area contributed by atoms with E-state index in [1.807, 2.05) is 30.3 Å². The molecule has 1 aromatic heterocycles. The Labute approximate surface area is 145 Å². The lowest BCUT2D eigenvalue weighted by Gasteiger charge is -2.05. The predicted octanol–water partition coefficient (Wildman–Crippen LogP) is 3.43. The fourth-order valence-electron chi connectivity index (χ4n) is 3.28. The first-order valence-corrected chi connectivity index (χ1v) is 8.41. The van der Waals surface area contributed by atoms with Crippen molar-refractivity contribution in [2.24, 2.45) is 0 Å². The first kappa shape index (κ1) is 15.6. The molecule has 4 nitrogen and oxygen atoms in total. The van der Waals surface area contributed by atoms with Crippen LogP contribution >= 0.6 is 0 Å². The van der Waals surface area contributed by atoms with Gasteiger partial charge in [-0.15, -0.1) is 0 Å². The SMILES string of the molecule is O=C(NCc1ccccc1)c1nn(-c2ccc(F)cc2)c2c1CCC2. The number of fused-ring (bicyclic) bond motifs is 1. The van der Waals surface area contributed by atoms with Gasteiger partial charge in [-0.05, 0) is 49.1 Å². The third-order valence-electron chi connectivity index (χ3n) is 4.51. The average Bonchev–Trinajstić information content (AvgIpc) is 3.24. The summed E-state index contributed by atoms with van der Waals surface area (Å²) in [5, 5.41) is 7.47. The maximum Gasteiger partial charge on any atom is 0.272 e. The molecule has 0 aliphatic heterocycles. The Morgan fingerprint density at radius 2 is 1.84 bits per heavy atom. The third-order valence-corrected chi connectivity index (χ3v) is 4.51. The molecule has 1 heterocycles. The largest absolute Gasteiger partial charge is 0.347 e. The van der Waals surface area contributed by atoms with Gasteiger partial charge in [0.05, 0.1) is 5.69 Å². The molecule has 126 valence electrons. The molecule has 0 bridgehead atoms. The van der Waals surface area contributed by atoms with Gasteiger partial charge in [-0.1, -0.05) is 30.3 Å². The maximum atomic E-state index is 13.2. The summed E-state index contributed by atoms with van der Waals surface area (Å²) in [4.78, 5) is 12.6. The molecule has 1 aliphatic rings. The lowest BCUT2D eigenvalue weighted by Crippen LogP contribution is -2.24. The summed E-state index contributed by atoms with van der Waals surface area (Å²) in [5.74, 6) is -0.448. The zero-order chi connectivity index (χ0) is 17.2. The monoisotopic (exact) mass is 335 g/mol. The number of carbonyl (C=O) groups is 1. The summed E-state index contributed by atoms with van der Waals surface area (Å²) < 4.78 is 15.0. The van der Waals surface area contributed by atoms with Crippen molar-refractivity contribution in [1.29, 1.82) is 0 Å². The van der Waals surface area contributed by atoms with Crippen LogP contribution in [0.2, 0.25) is 0 Å². The fourth-order valence-corrected chi connectivity index (χ4v) is 3.28. The van der Waals surface area contributed by atoms with Crippen LogP contribution in [0.1, 0.15) is 33.7 Å². The highest BCUT2D eigenvalue weighted by Gasteiger charge is 2.26. The Bertz CT molecular complexity index is 901. The predicted molar refractivity (Wildman–Crippen MR) is 93.2 cm³/mol. The van der Waals surface area contributed by atoms with Crippen molar-refractivity contribution in [1.82, 2.24) is 15.1 Å². The van der Waals surface area contributed by atoms with Gasteiger partial charge in [0.25, 0.3) is 5.91 Å². The van der Waals surface area contributed by atoms with Crippen molar-refractivity contribution in [2.75, 3.05) is 0 Å². The van der Waals surface area contributed by atoms with Crippen LogP contribution in [0.4, 0.5) is 4.39 Å². The maximum absolute atomic E-state index is 13.2. The molecular formula is C20H18FN3O. The van der Waals surface area contributed by atoms with Crippen molar-refractivity contribution in [3.63, 3.8) is 0 Å². The van der Waals surface area contributed by atoms with E-state index in [0.29, 0.717) is 12.2 Å². The second-order valence-electron chi connectivity index (χ2n) is 6.18. The van der Waals surface area contributed by atoms with Gasteiger partial charge in [-0.3, -0.25) is 4.79 Å². The number of nitrogens with one attached hydrogen (secondary N) is 1. The van der Waals surface area contributed by atoms with Crippen molar-refractivity contribution >= 4 is 5.91 Å². The zero-order valence-corrected chi connectivity index (χ0v) is 13.7. The lowest BCUT2D eigenvalue weighted by molar-refractivity contribution is 0.0944. The van der Waals surface area contributed by atoms with Crippen LogP contribution in [-0.4, -0.2) is 15.7 Å². The van der Waals surface area contributed by atoms with Crippen molar-refractivity contribution in [2.45, 2.75) is 25.8 Å². The van der Waals surface area contributed by atoms with E-state index in [1.165, 1.54) is 12.1 Å². The van der Waals surface area contributed by atoms with Crippen LogP contribution in [0.15, 0.2) is 54.6 Å². The van der Waals surface area contributed by atoms with Gasteiger partial charge in [0, 0.05) is 17.8 Å². The number of amides is 1. The first-order chi connectivity index (χ1) is 12.2. The van der Waals surface area contributed by atoms with Crippen molar-refractivity contribution in [3.05, 3.63) is 82.9 Å². The molecule has 0 saturated heterocycles. The number of nitrogens with zero attached hydrogens (tertiary/aromatic N) is 2. The van der Waals surface area contributed by atoms with E-state index in [4.69, 9.17) is 0 Å². The van der Waals surface area contributed by atoms with Gasteiger partial charge in [0.15, 0.2) is 5.69 Å². The van der Waals surface area contributed by atoms with E-state index < -0.39 is 0 Å². The summed E-state index contributed by atoms with van der Waals surface area (Å²) >= 11 is 0. The molecule has 0 unspecified atom stereocenters. The third kappa shape index (κ3) is 3.05. The molecule has 25 heavy (non-hydrogen) atoms. The number of hydrogen-bond donors (Lipinski definition) is 1. The van der Waals surface area contributed by atoms with Crippen LogP contribution in [-0.2, 0) is 19.4 Å². The Hall–Kier alpha value is -2.95. The molecule has 0 atom stereocenters. The average molecular weight is 335 g/mol. The molecule has 5 heteroatoms. The van der Waals surface area contributed by atoms with Crippen LogP contribution in [0.5, 0.6) is 0 Å². The summed E-state index contributed by atoms with van der Waals surface area (Å²) in [7, 11) is 0. The summed E-state index contributed by atoms with van der Waals surface area (Å²) in [5.41, 5.74) is 4.37. The number of benzene rings is 2. The molecule has 0 spiro atoms. The van der Waals surface area contributed by atoms with Gasteiger partial charge in [0.2, 0.25) is 0 Å². The van der Waals surface area contributed by atoms with Gasteiger partial charge in [-0.2, -0.15) is 5.10 Å². The van der Waals surface area contributed by atoms with E-state index in [1.54, 1.807) is 16.8 Å². The molecular weight excluding hydrogens is 317 g/mol. The standard InChI is InChI=1S/C20H18FN3O/c21-15-9-11-16(12-10-15)24-18-8-4-7-17(18)19(23-24)20(25)22-13-14-5-2-1-3-6-14/h1-3,5-6,9-12H,4,7-8,13H2,(H,22,25). The smallest absolute Gasteiger partial charge is 0.272 e. The molecule has 1 amide bonds. The van der Waals surface area contributed by atoms with Gasteiger partial charge in [-0.25, -0.2) is 9.07 Å².